The minimum absolute atomic E-state index is 0.162. The van der Waals surface area contributed by atoms with Gasteiger partial charge in [-0.2, -0.15) is 0 Å². The van der Waals surface area contributed by atoms with Crippen LogP contribution < -0.4 is 10.0 Å². The number of hydrogen-bond donors (Lipinski definition) is 3. The maximum atomic E-state index is 11.9. The third kappa shape index (κ3) is 4.44. The molecular weight excluding hydrogens is 286 g/mol. The van der Waals surface area contributed by atoms with Gasteiger partial charge in [-0.15, -0.1) is 0 Å². The van der Waals surface area contributed by atoms with Crippen LogP contribution in [0.4, 0.5) is 5.69 Å². The summed E-state index contributed by atoms with van der Waals surface area (Å²) in [4.78, 5) is 9.56. The average Bonchev–Trinajstić information content (AvgIpc) is 2.34. The van der Waals surface area contributed by atoms with Crippen LogP contribution in [-0.4, -0.2) is 37.6 Å². The van der Waals surface area contributed by atoms with E-state index >= 15 is 0 Å². The molecular formula is C11H17N3O5S. The molecule has 0 aliphatic carbocycles. The van der Waals surface area contributed by atoms with E-state index in [-0.39, 0.29) is 17.5 Å². The summed E-state index contributed by atoms with van der Waals surface area (Å²) >= 11 is 0. The second-order valence-electron chi connectivity index (χ2n) is 4.41. The van der Waals surface area contributed by atoms with E-state index in [2.05, 4.69) is 10.0 Å². The summed E-state index contributed by atoms with van der Waals surface area (Å²) in [5, 5.41) is 23.0. The highest BCUT2D eigenvalue weighted by molar-refractivity contribution is 7.89. The van der Waals surface area contributed by atoms with Crippen LogP contribution in [0.3, 0.4) is 0 Å². The van der Waals surface area contributed by atoms with Crippen LogP contribution in [0.15, 0.2) is 23.1 Å². The predicted molar refractivity (Wildman–Crippen MR) is 73.1 cm³/mol. The fourth-order valence-corrected chi connectivity index (χ4v) is 2.50. The molecule has 20 heavy (non-hydrogen) atoms. The van der Waals surface area contributed by atoms with Crippen molar-refractivity contribution in [2.24, 2.45) is 0 Å². The third-order valence-corrected chi connectivity index (χ3v) is 3.88. The van der Waals surface area contributed by atoms with Crippen molar-refractivity contribution in [3.8, 4) is 5.75 Å². The van der Waals surface area contributed by atoms with Gasteiger partial charge in [0.15, 0.2) is 5.75 Å². The highest BCUT2D eigenvalue weighted by Crippen LogP contribution is 2.27. The zero-order chi connectivity index (χ0) is 15.3. The number of nitrogens with zero attached hydrogens (tertiary/aromatic N) is 1. The first kappa shape index (κ1) is 16.3. The zero-order valence-electron chi connectivity index (χ0n) is 11.2. The second kappa shape index (κ2) is 6.64. The molecule has 1 aromatic rings. The molecule has 0 saturated carbocycles. The lowest BCUT2D eigenvalue weighted by Gasteiger charge is -2.10. The van der Waals surface area contributed by atoms with Crippen molar-refractivity contribution in [2.45, 2.75) is 24.8 Å². The second-order valence-corrected chi connectivity index (χ2v) is 6.18. The van der Waals surface area contributed by atoms with Gasteiger partial charge < -0.3 is 10.4 Å². The van der Waals surface area contributed by atoms with Crippen LogP contribution in [-0.2, 0) is 10.0 Å². The number of benzene rings is 1. The normalized spacial score (nSPS) is 11.8. The molecule has 0 heterocycles. The molecule has 1 aromatic carbocycles. The van der Waals surface area contributed by atoms with Gasteiger partial charge in [0.05, 0.1) is 9.82 Å². The number of aromatic hydroxyl groups is 1. The van der Waals surface area contributed by atoms with Crippen LogP contribution in [0.5, 0.6) is 5.75 Å². The number of nitro groups is 1. The minimum Gasteiger partial charge on any atom is -0.502 e. The summed E-state index contributed by atoms with van der Waals surface area (Å²) in [7, 11) is -3.84. The standard InChI is InChI=1S/C11H17N3O5S/c1-8(2)12-5-6-13-20(18,19)9-3-4-11(15)10(7-9)14(16)17/h3-4,7-8,12-13,15H,5-6H2,1-2H3. The van der Waals surface area contributed by atoms with E-state index in [0.29, 0.717) is 6.54 Å². The monoisotopic (exact) mass is 303 g/mol. The summed E-state index contributed by atoms with van der Waals surface area (Å²) in [6, 6.07) is 3.15. The first-order valence-electron chi connectivity index (χ1n) is 5.94. The molecule has 112 valence electrons. The van der Waals surface area contributed by atoms with Crippen LogP contribution in [0, 0.1) is 10.1 Å². The Hall–Kier alpha value is -1.71. The van der Waals surface area contributed by atoms with Gasteiger partial charge >= 0.3 is 5.69 Å². The predicted octanol–water partition coefficient (Wildman–Crippen LogP) is 0.577. The maximum absolute atomic E-state index is 11.9. The summed E-state index contributed by atoms with van der Waals surface area (Å²) in [5.41, 5.74) is -0.645. The molecule has 0 atom stereocenters. The molecule has 0 aliphatic rings. The Morgan fingerprint density at radius 1 is 1.35 bits per heavy atom. The van der Waals surface area contributed by atoms with Crippen molar-refractivity contribution in [3.05, 3.63) is 28.3 Å². The van der Waals surface area contributed by atoms with Crippen molar-refractivity contribution < 1.29 is 18.4 Å². The Morgan fingerprint density at radius 3 is 2.55 bits per heavy atom. The maximum Gasteiger partial charge on any atom is 0.312 e. The first-order valence-corrected chi connectivity index (χ1v) is 7.43. The van der Waals surface area contributed by atoms with E-state index in [0.717, 1.165) is 18.2 Å². The Labute approximate surface area is 117 Å². The molecule has 8 nitrogen and oxygen atoms in total. The van der Waals surface area contributed by atoms with E-state index in [1.54, 1.807) is 0 Å². The van der Waals surface area contributed by atoms with Gasteiger partial charge in [-0.05, 0) is 12.1 Å². The Kier molecular flexibility index (Phi) is 5.43. The number of sulfonamides is 1. The molecule has 0 fully saturated rings. The number of nitrogens with one attached hydrogen (secondary N) is 2. The minimum atomic E-state index is -3.84. The number of phenolic OH excluding ortho intramolecular Hbond substituents is 1. The average molecular weight is 303 g/mol. The van der Waals surface area contributed by atoms with Gasteiger partial charge in [0.25, 0.3) is 0 Å². The molecule has 9 heteroatoms. The smallest absolute Gasteiger partial charge is 0.312 e. The molecule has 0 aliphatic heterocycles. The number of rotatable bonds is 7. The molecule has 0 aromatic heterocycles. The Balaban J connectivity index is 2.82. The highest BCUT2D eigenvalue weighted by Gasteiger charge is 2.20. The van der Waals surface area contributed by atoms with E-state index in [4.69, 9.17) is 0 Å². The lowest BCUT2D eigenvalue weighted by Crippen LogP contribution is -2.34. The Bertz CT molecular complexity index is 586. The number of phenols is 1. The molecule has 0 radical (unpaired) electrons. The van der Waals surface area contributed by atoms with E-state index in [1.165, 1.54) is 0 Å². The van der Waals surface area contributed by atoms with E-state index in [9.17, 15) is 23.6 Å². The lowest BCUT2D eigenvalue weighted by atomic mass is 10.3. The van der Waals surface area contributed by atoms with Crippen molar-refractivity contribution in [3.63, 3.8) is 0 Å². The topological polar surface area (TPSA) is 122 Å². The summed E-state index contributed by atoms with van der Waals surface area (Å²) in [5.74, 6) is -0.574. The largest absolute Gasteiger partial charge is 0.502 e. The molecule has 1 rings (SSSR count). The van der Waals surface area contributed by atoms with E-state index < -0.39 is 26.4 Å². The molecule has 0 saturated heterocycles. The van der Waals surface area contributed by atoms with Crippen LogP contribution >= 0.6 is 0 Å². The van der Waals surface area contributed by atoms with Crippen molar-refractivity contribution in [1.29, 1.82) is 0 Å². The summed E-state index contributed by atoms with van der Waals surface area (Å²) in [6.07, 6.45) is 0. The third-order valence-electron chi connectivity index (χ3n) is 2.42. The fraction of sp³-hybridized carbons (Fsp3) is 0.455. The quantitative estimate of drug-likeness (QED) is 0.385. The van der Waals surface area contributed by atoms with Crippen LogP contribution in [0.2, 0.25) is 0 Å². The number of nitro benzene ring substituents is 1. The van der Waals surface area contributed by atoms with Gasteiger partial charge in [0, 0.05) is 25.2 Å². The van der Waals surface area contributed by atoms with E-state index in [1.807, 2.05) is 13.8 Å². The van der Waals surface area contributed by atoms with Gasteiger partial charge in [0.1, 0.15) is 0 Å². The van der Waals surface area contributed by atoms with Gasteiger partial charge in [-0.1, -0.05) is 13.8 Å². The Morgan fingerprint density at radius 2 is 2.00 bits per heavy atom. The highest BCUT2D eigenvalue weighted by atomic mass is 32.2. The first-order chi connectivity index (χ1) is 9.24. The number of hydrogen-bond acceptors (Lipinski definition) is 6. The molecule has 0 unspecified atom stereocenters. The van der Waals surface area contributed by atoms with Gasteiger partial charge in [-0.25, -0.2) is 13.1 Å². The molecule has 0 spiro atoms. The molecule has 0 bridgehead atoms. The SMILES string of the molecule is CC(C)NCCNS(=O)(=O)c1ccc(O)c([N+](=O)[O-])c1. The van der Waals surface area contributed by atoms with Crippen molar-refractivity contribution in [2.75, 3.05) is 13.1 Å². The fourth-order valence-electron chi connectivity index (χ4n) is 1.45. The van der Waals surface area contributed by atoms with Crippen molar-refractivity contribution >= 4 is 15.7 Å². The molecule has 3 N–H and O–H groups in total. The van der Waals surface area contributed by atoms with Crippen LogP contribution in [0.1, 0.15) is 13.8 Å². The lowest BCUT2D eigenvalue weighted by molar-refractivity contribution is -0.386. The summed E-state index contributed by atoms with van der Waals surface area (Å²) < 4.78 is 26.2. The van der Waals surface area contributed by atoms with Gasteiger partial charge in [0.2, 0.25) is 10.0 Å². The zero-order valence-corrected chi connectivity index (χ0v) is 12.0. The van der Waals surface area contributed by atoms with Crippen LogP contribution in [0.25, 0.3) is 0 Å². The van der Waals surface area contributed by atoms with Crippen molar-refractivity contribution in [1.82, 2.24) is 10.0 Å². The molecule has 0 amide bonds. The summed E-state index contributed by atoms with van der Waals surface area (Å²) in [6.45, 7) is 4.46. The van der Waals surface area contributed by atoms with Gasteiger partial charge in [-0.3, -0.25) is 10.1 Å².